The Bertz CT molecular complexity index is 989. The van der Waals surface area contributed by atoms with Crippen LogP contribution in [-0.2, 0) is 18.5 Å². The lowest BCUT2D eigenvalue weighted by atomic mass is 9.98. The third-order valence-corrected chi connectivity index (χ3v) is 8.06. The maximum Gasteiger partial charge on any atom is 0.407 e. The summed E-state index contributed by atoms with van der Waals surface area (Å²) in [7, 11) is -1.28. The standard InChI is InChI=1S/C28H38N3O5P/c1-21(2)31(22(3)4)37(35-16-9-14-29)36-19-18-33-17-15-30-28(32)34-20-27-25-12-7-5-10-23(25)24-11-6-8-13-26(24)27/h5-8,10-13,21-22,27H,9,15-20H2,1-4H3,(H,30,32). The Kier molecular flexibility index (Phi) is 11.8. The van der Waals surface area contributed by atoms with Gasteiger partial charge < -0.3 is 23.8 Å². The second-order valence-electron chi connectivity index (χ2n) is 9.24. The summed E-state index contributed by atoms with van der Waals surface area (Å²) in [5, 5.41) is 11.6. The van der Waals surface area contributed by atoms with Gasteiger partial charge in [-0.15, -0.1) is 0 Å². The third kappa shape index (κ3) is 8.23. The number of carbonyl (C=O) groups excluding carboxylic acids is 1. The van der Waals surface area contributed by atoms with Gasteiger partial charge in [0.25, 0.3) is 8.53 Å². The minimum Gasteiger partial charge on any atom is -0.449 e. The van der Waals surface area contributed by atoms with Crippen molar-refractivity contribution in [1.82, 2.24) is 9.99 Å². The molecule has 1 atom stereocenters. The summed E-state index contributed by atoms with van der Waals surface area (Å²) < 4.78 is 25.2. The Morgan fingerprint density at radius 3 is 2.14 bits per heavy atom. The molecule has 0 spiro atoms. The molecule has 0 aromatic heterocycles. The number of hydrogen-bond donors (Lipinski definition) is 1. The van der Waals surface area contributed by atoms with Crippen molar-refractivity contribution in [3.8, 4) is 17.2 Å². The average molecular weight is 528 g/mol. The van der Waals surface area contributed by atoms with Crippen molar-refractivity contribution in [3.05, 3.63) is 59.7 Å². The van der Waals surface area contributed by atoms with Crippen molar-refractivity contribution in [2.45, 2.75) is 52.1 Å². The first-order valence-electron chi connectivity index (χ1n) is 12.8. The van der Waals surface area contributed by atoms with E-state index in [2.05, 4.69) is 68.0 Å². The molecule has 2 aromatic carbocycles. The van der Waals surface area contributed by atoms with Crippen molar-refractivity contribution >= 4 is 14.6 Å². The molecule has 0 saturated carbocycles. The van der Waals surface area contributed by atoms with E-state index >= 15 is 0 Å². The van der Waals surface area contributed by atoms with E-state index in [0.717, 1.165) is 0 Å². The van der Waals surface area contributed by atoms with Gasteiger partial charge in [-0.25, -0.2) is 9.46 Å². The number of hydrogen-bond acceptors (Lipinski definition) is 7. The van der Waals surface area contributed by atoms with Crippen LogP contribution in [0.3, 0.4) is 0 Å². The lowest BCUT2D eigenvalue weighted by molar-refractivity contribution is 0.0868. The van der Waals surface area contributed by atoms with Gasteiger partial charge >= 0.3 is 6.09 Å². The van der Waals surface area contributed by atoms with E-state index in [4.69, 9.17) is 23.8 Å². The van der Waals surface area contributed by atoms with Crippen molar-refractivity contribution < 1.29 is 23.3 Å². The maximum absolute atomic E-state index is 12.3. The summed E-state index contributed by atoms with van der Waals surface area (Å²) in [6.07, 6.45) is -0.134. The largest absolute Gasteiger partial charge is 0.449 e. The maximum atomic E-state index is 12.3. The van der Waals surface area contributed by atoms with Crippen LogP contribution in [0.2, 0.25) is 0 Å². The highest BCUT2D eigenvalue weighted by atomic mass is 31.2. The van der Waals surface area contributed by atoms with Gasteiger partial charge in [0.2, 0.25) is 0 Å². The van der Waals surface area contributed by atoms with Gasteiger partial charge in [-0.1, -0.05) is 48.5 Å². The van der Waals surface area contributed by atoms with Crippen LogP contribution in [0, 0.1) is 11.3 Å². The molecule has 37 heavy (non-hydrogen) atoms. The summed E-state index contributed by atoms with van der Waals surface area (Å²) >= 11 is 0. The van der Waals surface area contributed by atoms with E-state index in [1.165, 1.54) is 22.3 Å². The molecule has 0 aliphatic heterocycles. The Hall–Kier alpha value is -2.53. The third-order valence-electron chi connectivity index (χ3n) is 5.95. The zero-order chi connectivity index (χ0) is 26.6. The molecule has 1 aliphatic rings. The quantitative estimate of drug-likeness (QED) is 0.230. The Balaban J connectivity index is 1.35. The minimum atomic E-state index is -1.28. The number of nitrogens with one attached hydrogen (secondary N) is 1. The first-order chi connectivity index (χ1) is 17.9. The van der Waals surface area contributed by atoms with E-state index in [1.54, 1.807) is 0 Å². The van der Waals surface area contributed by atoms with Gasteiger partial charge in [0.05, 0.1) is 38.9 Å². The SMILES string of the molecule is CC(C)N(C(C)C)P(OCCC#N)OCCOCCNC(=O)OCC1c2ccccc2-c2ccccc21. The highest BCUT2D eigenvalue weighted by Gasteiger charge is 2.29. The lowest BCUT2D eigenvalue weighted by Crippen LogP contribution is -2.34. The summed E-state index contributed by atoms with van der Waals surface area (Å²) in [6, 6.07) is 19.1. The van der Waals surface area contributed by atoms with E-state index in [-0.39, 0.29) is 24.6 Å². The van der Waals surface area contributed by atoms with Gasteiger partial charge in [0, 0.05) is 24.5 Å². The van der Waals surface area contributed by atoms with Gasteiger partial charge in [-0.2, -0.15) is 5.26 Å². The molecule has 0 fully saturated rings. The molecule has 200 valence electrons. The number of nitriles is 1. The van der Waals surface area contributed by atoms with Crippen molar-refractivity contribution in [1.29, 1.82) is 5.26 Å². The van der Waals surface area contributed by atoms with Crippen LogP contribution in [-0.4, -0.2) is 62.4 Å². The molecule has 2 aromatic rings. The summed E-state index contributed by atoms with van der Waals surface area (Å²) in [5.74, 6) is 0.0352. The highest BCUT2D eigenvalue weighted by Crippen LogP contribution is 2.46. The van der Waals surface area contributed by atoms with Crippen LogP contribution in [0.1, 0.15) is 51.2 Å². The molecule has 1 amide bonds. The number of fused-ring (bicyclic) bond motifs is 3. The van der Waals surface area contributed by atoms with Gasteiger partial charge in [0.1, 0.15) is 6.61 Å². The van der Waals surface area contributed by atoms with E-state index in [1.807, 2.05) is 24.3 Å². The zero-order valence-corrected chi connectivity index (χ0v) is 23.1. The average Bonchev–Trinajstić information content (AvgIpc) is 3.20. The van der Waals surface area contributed by atoms with Crippen molar-refractivity contribution in [3.63, 3.8) is 0 Å². The Labute approximate surface area is 221 Å². The molecule has 8 nitrogen and oxygen atoms in total. The predicted molar refractivity (Wildman–Crippen MR) is 145 cm³/mol. The van der Waals surface area contributed by atoms with Crippen LogP contribution < -0.4 is 5.32 Å². The van der Waals surface area contributed by atoms with Gasteiger partial charge in [-0.3, -0.25) is 0 Å². The molecule has 9 heteroatoms. The second kappa shape index (κ2) is 15.0. The number of benzene rings is 2. The molecule has 0 saturated heterocycles. The number of rotatable bonds is 15. The number of ether oxygens (including phenoxy) is 2. The smallest absolute Gasteiger partial charge is 0.407 e. The summed E-state index contributed by atoms with van der Waals surface area (Å²) in [6.45, 7) is 10.4. The number of alkyl carbamates (subject to hydrolysis) is 1. The molecule has 1 N–H and O–H groups in total. The summed E-state index contributed by atoms with van der Waals surface area (Å²) in [5.41, 5.74) is 4.77. The van der Waals surface area contributed by atoms with Crippen molar-refractivity contribution in [2.24, 2.45) is 0 Å². The molecule has 0 bridgehead atoms. The number of amides is 1. The topological polar surface area (TPSA) is 93.0 Å². The van der Waals surface area contributed by atoms with Gasteiger partial charge in [0.15, 0.2) is 0 Å². The van der Waals surface area contributed by atoms with Crippen LogP contribution in [0.25, 0.3) is 11.1 Å². The lowest BCUT2D eigenvalue weighted by Gasteiger charge is -2.35. The fraction of sp³-hybridized carbons (Fsp3) is 0.500. The molecule has 3 rings (SSSR count). The van der Waals surface area contributed by atoms with Crippen molar-refractivity contribution in [2.75, 3.05) is 39.6 Å². The van der Waals surface area contributed by atoms with E-state index in [0.29, 0.717) is 39.4 Å². The Morgan fingerprint density at radius 2 is 1.54 bits per heavy atom. The predicted octanol–water partition coefficient (Wildman–Crippen LogP) is 5.83. The summed E-state index contributed by atoms with van der Waals surface area (Å²) in [4.78, 5) is 12.3. The minimum absolute atomic E-state index is 0.0352. The first-order valence-corrected chi connectivity index (χ1v) is 13.9. The molecule has 1 aliphatic carbocycles. The van der Waals surface area contributed by atoms with E-state index < -0.39 is 14.6 Å². The fourth-order valence-electron chi connectivity index (χ4n) is 4.46. The first kappa shape index (κ1) is 29.0. The highest BCUT2D eigenvalue weighted by molar-refractivity contribution is 7.44. The van der Waals surface area contributed by atoms with E-state index in [9.17, 15) is 4.79 Å². The Morgan fingerprint density at radius 1 is 0.946 bits per heavy atom. The monoisotopic (exact) mass is 527 g/mol. The number of nitrogens with zero attached hydrogens (tertiary/aromatic N) is 2. The van der Waals surface area contributed by atoms with Crippen LogP contribution in [0.15, 0.2) is 48.5 Å². The molecular weight excluding hydrogens is 489 g/mol. The molecule has 1 unspecified atom stereocenters. The van der Waals surface area contributed by atoms with Gasteiger partial charge in [-0.05, 0) is 49.9 Å². The molecule has 0 heterocycles. The molecular formula is C28H38N3O5P. The van der Waals surface area contributed by atoms with Crippen LogP contribution in [0.4, 0.5) is 4.79 Å². The zero-order valence-electron chi connectivity index (χ0n) is 22.2. The molecule has 0 radical (unpaired) electrons. The fourth-order valence-corrected chi connectivity index (χ4v) is 6.04. The second-order valence-corrected chi connectivity index (χ2v) is 10.7. The van der Waals surface area contributed by atoms with Crippen LogP contribution >= 0.6 is 8.53 Å². The normalized spacial score (nSPS) is 13.5. The van der Waals surface area contributed by atoms with Crippen LogP contribution in [0.5, 0.6) is 0 Å². The number of carbonyl (C=O) groups is 1.